The van der Waals surface area contributed by atoms with Gasteiger partial charge in [-0.15, -0.1) is 0 Å². The normalized spacial score (nSPS) is 27.2. The van der Waals surface area contributed by atoms with Crippen molar-refractivity contribution >= 4 is 11.8 Å². The smallest absolute Gasteiger partial charge is 0.122 e. The summed E-state index contributed by atoms with van der Waals surface area (Å²) >= 11 is 2.06. The largest absolute Gasteiger partial charge is 0.468 e. The predicted molar refractivity (Wildman–Crippen MR) is 68.4 cm³/mol. The van der Waals surface area contributed by atoms with Crippen molar-refractivity contribution in [2.75, 3.05) is 12.3 Å². The Morgan fingerprint density at radius 3 is 3.12 bits per heavy atom. The maximum absolute atomic E-state index is 5.68. The van der Waals surface area contributed by atoms with Crippen LogP contribution in [0.15, 0.2) is 16.7 Å². The minimum Gasteiger partial charge on any atom is -0.468 e. The standard InChI is InChI=1S/C12H20N2OS/c1-9-10(2)16-6-4-14(9)8-12-11(7-13)3-5-15-12/h3,5,9-10H,4,6-8,13H2,1-2H3. The zero-order chi connectivity index (χ0) is 11.5. The van der Waals surface area contributed by atoms with Crippen molar-refractivity contribution in [3.05, 3.63) is 23.7 Å². The molecule has 2 atom stereocenters. The van der Waals surface area contributed by atoms with Gasteiger partial charge in [0.2, 0.25) is 0 Å². The van der Waals surface area contributed by atoms with Gasteiger partial charge in [-0.1, -0.05) is 6.92 Å². The second kappa shape index (κ2) is 5.25. The molecular formula is C12H20N2OS. The number of nitrogens with zero attached hydrogens (tertiary/aromatic N) is 1. The minimum atomic E-state index is 0.568. The summed E-state index contributed by atoms with van der Waals surface area (Å²) in [5.41, 5.74) is 6.82. The molecule has 2 rings (SSSR count). The Labute approximate surface area is 101 Å². The van der Waals surface area contributed by atoms with Crippen LogP contribution in [0.2, 0.25) is 0 Å². The molecule has 2 N–H and O–H groups in total. The van der Waals surface area contributed by atoms with Gasteiger partial charge in [0.05, 0.1) is 12.8 Å². The number of hydrogen-bond donors (Lipinski definition) is 1. The highest BCUT2D eigenvalue weighted by atomic mass is 32.2. The topological polar surface area (TPSA) is 42.4 Å². The first-order valence-corrected chi connectivity index (χ1v) is 6.88. The van der Waals surface area contributed by atoms with Crippen LogP contribution in [0.5, 0.6) is 0 Å². The van der Waals surface area contributed by atoms with E-state index in [4.69, 9.17) is 10.2 Å². The number of nitrogens with two attached hydrogens (primary N) is 1. The molecule has 0 aliphatic carbocycles. The van der Waals surface area contributed by atoms with Crippen molar-refractivity contribution in [3.8, 4) is 0 Å². The fraction of sp³-hybridized carbons (Fsp3) is 0.667. The van der Waals surface area contributed by atoms with Gasteiger partial charge in [-0.2, -0.15) is 11.8 Å². The number of thioether (sulfide) groups is 1. The van der Waals surface area contributed by atoms with Gasteiger partial charge in [-0.25, -0.2) is 0 Å². The van der Waals surface area contributed by atoms with E-state index < -0.39 is 0 Å². The van der Waals surface area contributed by atoms with Crippen LogP contribution in [0.3, 0.4) is 0 Å². The quantitative estimate of drug-likeness (QED) is 0.878. The van der Waals surface area contributed by atoms with Gasteiger partial charge < -0.3 is 10.2 Å². The van der Waals surface area contributed by atoms with Gasteiger partial charge in [0.15, 0.2) is 0 Å². The molecule has 0 spiro atoms. The van der Waals surface area contributed by atoms with Crippen molar-refractivity contribution in [2.45, 2.75) is 38.2 Å². The lowest BCUT2D eigenvalue weighted by atomic mass is 10.1. The van der Waals surface area contributed by atoms with Gasteiger partial charge in [-0.3, -0.25) is 4.90 Å². The van der Waals surface area contributed by atoms with Crippen molar-refractivity contribution in [3.63, 3.8) is 0 Å². The Morgan fingerprint density at radius 1 is 1.56 bits per heavy atom. The van der Waals surface area contributed by atoms with Crippen LogP contribution in [-0.4, -0.2) is 28.5 Å². The maximum atomic E-state index is 5.68. The molecule has 1 aliphatic heterocycles. The van der Waals surface area contributed by atoms with Gasteiger partial charge in [0.25, 0.3) is 0 Å². The first kappa shape index (κ1) is 12.0. The molecule has 0 radical (unpaired) electrons. The third kappa shape index (κ3) is 2.44. The molecule has 1 aliphatic rings. The van der Waals surface area contributed by atoms with Crippen LogP contribution in [0, 0.1) is 0 Å². The van der Waals surface area contributed by atoms with Gasteiger partial charge in [-0.05, 0) is 13.0 Å². The highest BCUT2D eigenvalue weighted by molar-refractivity contribution is 8.00. The van der Waals surface area contributed by atoms with Crippen molar-refractivity contribution < 1.29 is 4.42 Å². The summed E-state index contributed by atoms with van der Waals surface area (Å²) in [6.45, 7) is 7.19. The SMILES string of the molecule is CC1SCCN(Cc2occc2CN)C1C. The highest BCUT2D eigenvalue weighted by Gasteiger charge is 2.26. The Bertz CT molecular complexity index is 340. The van der Waals surface area contributed by atoms with Crippen molar-refractivity contribution in [1.29, 1.82) is 0 Å². The summed E-state index contributed by atoms with van der Waals surface area (Å²) in [4.78, 5) is 2.49. The van der Waals surface area contributed by atoms with Gasteiger partial charge in [0, 0.05) is 35.7 Å². The van der Waals surface area contributed by atoms with E-state index in [0.29, 0.717) is 17.8 Å². The van der Waals surface area contributed by atoms with Crippen LogP contribution in [0.1, 0.15) is 25.2 Å². The molecule has 1 aromatic rings. The molecule has 16 heavy (non-hydrogen) atoms. The number of rotatable bonds is 3. The second-order valence-corrected chi connectivity index (χ2v) is 5.85. The van der Waals surface area contributed by atoms with Crippen molar-refractivity contribution in [2.24, 2.45) is 5.73 Å². The summed E-state index contributed by atoms with van der Waals surface area (Å²) in [6, 6.07) is 2.58. The molecule has 90 valence electrons. The summed E-state index contributed by atoms with van der Waals surface area (Å²) in [5, 5.41) is 0.699. The summed E-state index contributed by atoms with van der Waals surface area (Å²) in [5.74, 6) is 2.25. The molecule has 0 saturated carbocycles. The molecule has 4 heteroatoms. The Balaban J connectivity index is 2.03. The lowest BCUT2D eigenvalue weighted by molar-refractivity contribution is 0.188. The first-order chi connectivity index (χ1) is 7.72. The minimum absolute atomic E-state index is 0.568. The molecule has 1 aromatic heterocycles. The molecule has 0 amide bonds. The third-order valence-electron chi connectivity index (χ3n) is 3.42. The fourth-order valence-electron chi connectivity index (χ4n) is 2.09. The third-order valence-corrected chi connectivity index (χ3v) is 4.76. The van der Waals surface area contributed by atoms with Crippen LogP contribution in [0.4, 0.5) is 0 Å². The second-order valence-electron chi connectivity index (χ2n) is 4.36. The molecule has 0 aromatic carbocycles. The molecule has 0 bridgehead atoms. The van der Waals surface area contributed by atoms with Crippen LogP contribution >= 0.6 is 11.8 Å². The van der Waals surface area contributed by atoms with E-state index in [1.54, 1.807) is 6.26 Å². The van der Waals surface area contributed by atoms with Gasteiger partial charge >= 0.3 is 0 Å². The lowest BCUT2D eigenvalue weighted by Crippen LogP contribution is -2.44. The average molecular weight is 240 g/mol. The van der Waals surface area contributed by atoms with Crippen molar-refractivity contribution in [1.82, 2.24) is 4.90 Å². The first-order valence-electron chi connectivity index (χ1n) is 5.83. The summed E-state index contributed by atoms with van der Waals surface area (Å²) in [6.07, 6.45) is 1.74. The zero-order valence-electron chi connectivity index (χ0n) is 9.98. The van der Waals surface area contributed by atoms with E-state index in [-0.39, 0.29) is 0 Å². The molecule has 2 heterocycles. The monoisotopic (exact) mass is 240 g/mol. The molecule has 3 nitrogen and oxygen atoms in total. The summed E-state index contributed by atoms with van der Waals surface area (Å²) in [7, 11) is 0. The van der Waals surface area contributed by atoms with E-state index in [0.717, 1.165) is 24.4 Å². The zero-order valence-corrected chi connectivity index (χ0v) is 10.8. The van der Waals surface area contributed by atoms with E-state index in [1.165, 1.54) is 5.75 Å². The van der Waals surface area contributed by atoms with E-state index in [9.17, 15) is 0 Å². The van der Waals surface area contributed by atoms with Crippen LogP contribution < -0.4 is 5.73 Å². The Kier molecular flexibility index (Phi) is 3.95. The van der Waals surface area contributed by atoms with Crippen LogP contribution in [0.25, 0.3) is 0 Å². The average Bonchev–Trinajstić information content (AvgIpc) is 2.72. The lowest BCUT2D eigenvalue weighted by Gasteiger charge is -2.37. The molecule has 1 saturated heterocycles. The van der Waals surface area contributed by atoms with Crippen LogP contribution in [-0.2, 0) is 13.1 Å². The van der Waals surface area contributed by atoms with E-state index >= 15 is 0 Å². The predicted octanol–water partition coefficient (Wildman–Crippen LogP) is 2.06. The number of furan rings is 1. The maximum Gasteiger partial charge on any atom is 0.122 e. The fourth-order valence-corrected chi connectivity index (χ4v) is 3.25. The Hall–Kier alpha value is -0.450. The Morgan fingerprint density at radius 2 is 2.38 bits per heavy atom. The molecule has 1 fully saturated rings. The number of hydrogen-bond acceptors (Lipinski definition) is 4. The highest BCUT2D eigenvalue weighted by Crippen LogP contribution is 2.26. The summed E-state index contributed by atoms with van der Waals surface area (Å²) < 4.78 is 5.51. The molecule has 2 unspecified atom stereocenters. The molecular weight excluding hydrogens is 220 g/mol. The van der Waals surface area contributed by atoms with E-state index in [1.807, 2.05) is 6.07 Å². The van der Waals surface area contributed by atoms with Gasteiger partial charge in [0.1, 0.15) is 5.76 Å². The van der Waals surface area contributed by atoms with E-state index in [2.05, 4.69) is 30.5 Å².